The van der Waals surface area contributed by atoms with Gasteiger partial charge in [-0.2, -0.15) is 0 Å². The van der Waals surface area contributed by atoms with Crippen molar-refractivity contribution >= 4 is 0 Å². The molecule has 1 unspecified atom stereocenters. The number of aromatic nitrogens is 2. The second-order valence-corrected chi connectivity index (χ2v) is 4.96. The normalized spacial score (nSPS) is 12.5. The first-order valence-electron chi connectivity index (χ1n) is 6.32. The third-order valence-electron chi connectivity index (χ3n) is 2.86. The number of hydrogen-bond donors (Lipinski definition) is 1. The average molecular weight is 259 g/mol. The molecular formula is C15H18FN3. The molecule has 19 heavy (non-hydrogen) atoms. The second kappa shape index (κ2) is 5.45. The van der Waals surface area contributed by atoms with E-state index >= 15 is 0 Å². The third-order valence-corrected chi connectivity index (χ3v) is 2.86. The highest BCUT2D eigenvalue weighted by atomic mass is 19.1. The van der Waals surface area contributed by atoms with Crippen molar-refractivity contribution in [3.05, 3.63) is 47.2 Å². The Morgan fingerprint density at radius 1 is 1.21 bits per heavy atom. The molecule has 2 aromatic rings. The standard InChI is InChI=1S/C15H18FN3/c1-9-6-12(4-5-13(9)16)14-8-11(3)18-15(19-14)7-10(2)17/h4-6,8,10H,7,17H2,1-3H3. The largest absolute Gasteiger partial charge is 0.328 e. The lowest BCUT2D eigenvalue weighted by Crippen LogP contribution is -2.19. The van der Waals surface area contributed by atoms with Gasteiger partial charge in [-0.3, -0.25) is 0 Å². The van der Waals surface area contributed by atoms with Crippen molar-refractivity contribution in [2.24, 2.45) is 5.73 Å². The van der Waals surface area contributed by atoms with Crippen LogP contribution in [-0.4, -0.2) is 16.0 Å². The van der Waals surface area contributed by atoms with Gasteiger partial charge in [0.25, 0.3) is 0 Å². The molecule has 0 amide bonds. The molecule has 0 spiro atoms. The van der Waals surface area contributed by atoms with Gasteiger partial charge in [-0.1, -0.05) is 0 Å². The molecule has 0 aliphatic carbocycles. The molecule has 0 saturated carbocycles. The zero-order valence-electron chi connectivity index (χ0n) is 11.4. The number of aryl methyl sites for hydroxylation is 2. The van der Waals surface area contributed by atoms with E-state index in [0.717, 1.165) is 22.8 Å². The fraction of sp³-hybridized carbons (Fsp3) is 0.333. The molecule has 100 valence electrons. The lowest BCUT2D eigenvalue weighted by molar-refractivity contribution is 0.618. The predicted molar refractivity (Wildman–Crippen MR) is 74.3 cm³/mol. The van der Waals surface area contributed by atoms with E-state index in [-0.39, 0.29) is 11.9 Å². The Morgan fingerprint density at radius 3 is 2.58 bits per heavy atom. The summed E-state index contributed by atoms with van der Waals surface area (Å²) in [7, 11) is 0. The Hall–Kier alpha value is -1.81. The molecule has 1 atom stereocenters. The van der Waals surface area contributed by atoms with Gasteiger partial charge in [0.1, 0.15) is 11.6 Å². The second-order valence-electron chi connectivity index (χ2n) is 4.96. The van der Waals surface area contributed by atoms with Gasteiger partial charge in [0.05, 0.1) is 5.69 Å². The summed E-state index contributed by atoms with van der Waals surface area (Å²) in [4.78, 5) is 8.88. The first-order chi connectivity index (χ1) is 8.95. The minimum Gasteiger partial charge on any atom is -0.328 e. The van der Waals surface area contributed by atoms with Gasteiger partial charge >= 0.3 is 0 Å². The number of halogens is 1. The Kier molecular flexibility index (Phi) is 3.90. The van der Waals surface area contributed by atoms with E-state index < -0.39 is 0 Å². The van der Waals surface area contributed by atoms with E-state index in [9.17, 15) is 4.39 Å². The van der Waals surface area contributed by atoms with Crippen LogP contribution in [0, 0.1) is 19.7 Å². The third kappa shape index (κ3) is 3.35. The van der Waals surface area contributed by atoms with Crippen LogP contribution in [-0.2, 0) is 6.42 Å². The highest BCUT2D eigenvalue weighted by molar-refractivity contribution is 5.60. The van der Waals surface area contributed by atoms with Crippen molar-refractivity contribution in [1.82, 2.24) is 9.97 Å². The van der Waals surface area contributed by atoms with Crippen LogP contribution in [0.5, 0.6) is 0 Å². The summed E-state index contributed by atoms with van der Waals surface area (Å²) >= 11 is 0. The van der Waals surface area contributed by atoms with E-state index in [1.807, 2.05) is 19.9 Å². The fourth-order valence-electron chi connectivity index (χ4n) is 1.96. The van der Waals surface area contributed by atoms with Crippen LogP contribution < -0.4 is 5.73 Å². The number of rotatable bonds is 3. The van der Waals surface area contributed by atoms with E-state index in [4.69, 9.17) is 5.73 Å². The molecule has 2 rings (SSSR count). The summed E-state index contributed by atoms with van der Waals surface area (Å²) in [6.07, 6.45) is 0.634. The van der Waals surface area contributed by atoms with Crippen LogP contribution in [0.25, 0.3) is 11.3 Å². The van der Waals surface area contributed by atoms with Gasteiger partial charge in [-0.15, -0.1) is 0 Å². The predicted octanol–water partition coefficient (Wildman–Crippen LogP) is 2.79. The van der Waals surface area contributed by atoms with Gasteiger partial charge < -0.3 is 5.73 Å². The van der Waals surface area contributed by atoms with Crippen LogP contribution in [0.3, 0.4) is 0 Å². The summed E-state index contributed by atoms with van der Waals surface area (Å²) in [6.45, 7) is 5.59. The minimum atomic E-state index is -0.203. The molecule has 1 heterocycles. The average Bonchev–Trinajstić information content (AvgIpc) is 2.31. The van der Waals surface area contributed by atoms with Crippen LogP contribution in [0.2, 0.25) is 0 Å². The van der Waals surface area contributed by atoms with Gasteiger partial charge in [0, 0.05) is 23.7 Å². The van der Waals surface area contributed by atoms with E-state index in [2.05, 4.69) is 9.97 Å². The molecule has 0 bridgehead atoms. The molecule has 0 saturated heterocycles. The van der Waals surface area contributed by atoms with E-state index in [0.29, 0.717) is 12.0 Å². The van der Waals surface area contributed by atoms with Gasteiger partial charge in [-0.05, 0) is 50.6 Å². The molecule has 3 nitrogen and oxygen atoms in total. The maximum absolute atomic E-state index is 13.3. The van der Waals surface area contributed by atoms with Gasteiger partial charge in [0.2, 0.25) is 0 Å². The number of nitrogens with two attached hydrogens (primary N) is 1. The van der Waals surface area contributed by atoms with Gasteiger partial charge in [0.15, 0.2) is 0 Å². The lowest BCUT2D eigenvalue weighted by Gasteiger charge is -2.09. The van der Waals surface area contributed by atoms with Crippen molar-refractivity contribution in [2.45, 2.75) is 33.2 Å². The highest BCUT2D eigenvalue weighted by Gasteiger charge is 2.08. The molecule has 2 N–H and O–H groups in total. The summed E-state index contributed by atoms with van der Waals surface area (Å²) in [5.74, 6) is 0.525. The smallest absolute Gasteiger partial charge is 0.130 e. The Labute approximate surface area is 112 Å². The SMILES string of the molecule is Cc1cc(-c2ccc(F)c(C)c2)nc(CC(C)N)n1. The maximum Gasteiger partial charge on any atom is 0.130 e. The number of nitrogens with zero attached hydrogens (tertiary/aromatic N) is 2. The maximum atomic E-state index is 13.3. The van der Waals surface area contributed by atoms with E-state index in [1.54, 1.807) is 19.1 Å². The van der Waals surface area contributed by atoms with Crippen molar-refractivity contribution in [2.75, 3.05) is 0 Å². The van der Waals surface area contributed by atoms with E-state index in [1.165, 1.54) is 6.07 Å². The Bertz CT molecular complexity index is 594. The molecule has 0 aliphatic rings. The monoisotopic (exact) mass is 259 g/mol. The molecule has 0 fully saturated rings. The summed E-state index contributed by atoms with van der Waals surface area (Å²) in [5, 5.41) is 0. The van der Waals surface area contributed by atoms with Crippen LogP contribution in [0.4, 0.5) is 4.39 Å². The molecule has 0 aliphatic heterocycles. The van der Waals surface area contributed by atoms with Crippen LogP contribution in [0.15, 0.2) is 24.3 Å². The molecular weight excluding hydrogens is 241 g/mol. The quantitative estimate of drug-likeness (QED) is 0.922. The topological polar surface area (TPSA) is 51.8 Å². The van der Waals surface area contributed by atoms with Gasteiger partial charge in [-0.25, -0.2) is 14.4 Å². The summed E-state index contributed by atoms with van der Waals surface area (Å²) < 4.78 is 13.3. The minimum absolute atomic E-state index is 0.0182. The van der Waals surface area contributed by atoms with Crippen LogP contribution in [0.1, 0.15) is 24.0 Å². The van der Waals surface area contributed by atoms with Crippen molar-refractivity contribution in [3.8, 4) is 11.3 Å². The Balaban J connectivity index is 2.43. The zero-order valence-corrected chi connectivity index (χ0v) is 11.4. The summed E-state index contributed by atoms with van der Waals surface area (Å²) in [6, 6.07) is 6.92. The summed E-state index contributed by atoms with van der Waals surface area (Å²) in [5.41, 5.74) is 8.99. The van der Waals surface area contributed by atoms with Crippen molar-refractivity contribution < 1.29 is 4.39 Å². The fourth-order valence-corrected chi connectivity index (χ4v) is 1.96. The van der Waals surface area contributed by atoms with Crippen molar-refractivity contribution in [3.63, 3.8) is 0 Å². The zero-order chi connectivity index (χ0) is 14.0. The first kappa shape index (κ1) is 13.6. The van der Waals surface area contributed by atoms with Crippen molar-refractivity contribution in [1.29, 1.82) is 0 Å². The highest BCUT2D eigenvalue weighted by Crippen LogP contribution is 2.21. The first-order valence-corrected chi connectivity index (χ1v) is 6.32. The number of benzene rings is 1. The molecule has 4 heteroatoms. The number of hydrogen-bond acceptors (Lipinski definition) is 3. The van der Waals surface area contributed by atoms with Crippen LogP contribution >= 0.6 is 0 Å². The molecule has 1 aromatic carbocycles. The molecule has 1 aromatic heterocycles. The molecule has 0 radical (unpaired) electrons. The lowest BCUT2D eigenvalue weighted by atomic mass is 10.1. The Morgan fingerprint density at radius 2 is 1.95 bits per heavy atom.